The molecule has 0 radical (unpaired) electrons. The molecule has 0 spiro atoms. The van der Waals surface area contributed by atoms with Crippen molar-refractivity contribution in [2.75, 3.05) is 20.2 Å². The van der Waals surface area contributed by atoms with Gasteiger partial charge in [0.25, 0.3) is 5.56 Å². The third-order valence-electron chi connectivity index (χ3n) is 6.65. The predicted molar refractivity (Wildman–Crippen MR) is 125 cm³/mol. The van der Waals surface area contributed by atoms with Crippen LogP contribution in [0, 0.1) is 5.92 Å². The summed E-state index contributed by atoms with van der Waals surface area (Å²) in [5, 5.41) is 0. The largest absolute Gasteiger partial charge is 0.573 e. The summed E-state index contributed by atoms with van der Waals surface area (Å²) in [6, 6.07) is 14.7. The highest BCUT2D eigenvalue weighted by Gasteiger charge is 2.40. The lowest BCUT2D eigenvalue weighted by atomic mass is 9.81. The van der Waals surface area contributed by atoms with Gasteiger partial charge in [-0.3, -0.25) is 4.79 Å². The van der Waals surface area contributed by atoms with E-state index in [4.69, 9.17) is 4.74 Å². The number of fused-ring (bicyclic) bond motifs is 4. The van der Waals surface area contributed by atoms with E-state index >= 15 is 0 Å². The first-order valence-electron chi connectivity index (χ1n) is 11.3. The van der Waals surface area contributed by atoms with Gasteiger partial charge < -0.3 is 14.0 Å². The van der Waals surface area contributed by atoms with Gasteiger partial charge in [-0.2, -0.15) is 4.31 Å². The van der Waals surface area contributed by atoms with E-state index in [0.717, 1.165) is 0 Å². The van der Waals surface area contributed by atoms with Gasteiger partial charge >= 0.3 is 6.36 Å². The van der Waals surface area contributed by atoms with E-state index in [2.05, 4.69) is 4.74 Å². The molecule has 2 aliphatic heterocycles. The maximum absolute atomic E-state index is 13.4. The van der Waals surface area contributed by atoms with Crippen LogP contribution in [0.25, 0.3) is 11.1 Å². The Bertz CT molecular complexity index is 1430. The second kappa shape index (κ2) is 8.97. The number of alkyl halides is 3. The summed E-state index contributed by atoms with van der Waals surface area (Å²) in [5.41, 5.74) is 1.80. The number of ether oxygens (including phenoxy) is 2. The monoisotopic (exact) mass is 520 g/mol. The first kappa shape index (κ1) is 24.4. The highest BCUT2D eigenvalue weighted by molar-refractivity contribution is 7.89. The third-order valence-corrected chi connectivity index (χ3v) is 8.50. The van der Waals surface area contributed by atoms with Crippen molar-refractivity contribution in [1.29, 1.82) is 0 Å². The zero-order chi connectivity index (χ0) is 25.7. The van der Waals surface area contributed by atoms with Gasteiger partial charge in [0.2, 0.25) is 10.0 Å². The quantitative estimate of drug-likeness (QED) is 0.503. The van der Waals surface area contributed by atoms with Crippen LogP contribution in [0.2, 0.25) is 0 Å². The average Bonchev–Trinajstić information content (AvgIpc) is 2.84. The number of halogens is 3. The van der Waals surface area contributed by atoms with Crippen molar-refractivity contribution >= 4 is 10.0 Å². The molecule has 11 heteroatoms. The first-order chi connectivity index (χ1) is 17.0. The molecule has 0 amide bonds. The molecule has 2 bridgehead atoms. The Morgan fingerprint density at radius 3 is 2.19 bits per heavy atom. The molecule has 190 valence electrons. The number of piperidine rings is 1. The molecule has 0 aliphatic carbocycles. The maximum Gasteiger partial charge on any atom is 0.573 e. The number of benzene rings is 2. The summed E-state index contributed by atoms with van der Waals surface area (Å²) in [7, 11) is -2.27. The fourth-order valence-corrected chi connectivity index (χ4v) is 6.71. The molecule has 0 saturated carbocycles. The first-order valence-corrected chi connectivity index (χ1v) is 12.7. The molecule has 2 aliphatic rings. The molecule has 36 heavy (non-hydrogen) atoms. The molecule has 5 rings (SSSR count). The molecule has 3 heterocycles. The topological polar surface area (TPSA) is 77.8 Å². The summed E-state index contributed by atoms with van der Waals surface area (Å²) in [4.78, 5) is 12.9. The lowest BCUT2D eigenvalue weighted by molar-refractivity contribution is -0.274. The third kappa shape index (κ3) is 4.60. The molecule has 3 aromatic rings. The second-order valence-corrected chi connectivity index (χ2v) is 10.9. The van der Waals surface area contributed by atoms with Crippen LogP contribution in [-0.4, -0.2) is 43.9 Å². The number of methoxy groups -OCH3 is 1. The van der Waals surface area contributed by atoms with E-state index in [1.54, 1.807) is 22.8 Å². The van der Waals surface area contributed by atoms with Gasteiger partial charge in [0.1, 0.15) is 11.5 Å². The standard InChI is InChI=1S/C25H23F3N2O5S/c1-34-19-6-8-21(9-7-19)36(32,33)29-13-16-12-18(15-29)24-22(10-11-23(31)30(24)14-16)17-2-4-20(5-3-17)35-25(26,27)28/h2-11,16,18H,12-15H2,1H3. The Balaban J connectivity index is 1.49. The Kier molecular flexibility index (Phi) is 6.08. The van der Waals surface area contributed by atoms with Crippen molar-refractivity contribution in [2.45, 2.75) is 30.1 Å². The Morgan fingerprint density at radius 2 is 1.56 bits per heavy atom. The zero-order valence-corrected chi connectivity index (χ0v) is 20.1. The van der Waals surface area contributed by atoms with Crippen LogP contribution in [-0.2, 0) is 16.6 Å². The van der Waals surface area contributed by atoms with Crippen LogP contribution in [0.5, 0.6) is 11.5 Å². The van der Waals surface area contributed by atoms with Gasteiger partial charge in [0, 0.05) is 42.9 Å². The van der Waals surface area contributed by atoms with Crippen LogP contribution < -0.4 is 15.0 Å². The van der Waals surface area contributed by atoms with E-state index in [1.165, 1.54) is 53.9 Å². The molecule has 7 nitrogen and oxygen atoms in total. The maximum atomic E-state index is 13.4. The van der Waals surface area contributed by atoms with Crippen molar-refractivity contribution in [1.82, 2.24) is 8.87 Å². The van der Waals surface area contributed by atoms with Crippen LogP contribution >= 0.6 is 0 Å². The highest BCUT2D eigenvalue weighted by Crippen LogP contribution is 2.41. The number of rotatable bonds is 5. The molecule has 2 unspecified atom stereocenters. The minimum atomic E-state index is -4.79. The number of hydrogen-bond acceptors (Lipinski definition) is 5. The fraction of sp³-hybridized carbons (Fsp3) is 0.320. The summed E-state index contributed by atoms with van der Waals surface area (Å²) in [6.45, 7) is 0.851. The summed E-state index contributed by atoms with van der Waals surface area (Å²) in [6.07, 6.45) is -4.09. The van der Waals surface area contributed by atoms with E-state index in [1.807, 2.05) is 0 Å². The number of nitrogens with zero attached hydrogens (tertiary/aromatic N) is 2. The second-order valence-electron chi connectivity index (χ2n) is 8.95. The minimum Gasteiger partial charge on any atom is -0.497 e. The lowest BCUT2D eigenvalue weighted by Gasteiger charge is -2.42. The molecule has 2 aromatic carbocycles. The molecule has 0 N–H and O–H groups in total. The molecule has 1 aromatic heterocycles. The van der Waals surface area contributed by atoms with Crippen LogP contribution in [0.3, 0.4) is 0 Å². The van der Waals surface area contributed by atoms with Crippen molar-refractivity contribution in [2.24, 2.45) is 5.92 Å². The van der Waals surface area contributed by atoms with Gasteiger partial charge in [-0.05, 0) is 60.4 Å². The van der Waals surface area contributed by atoms with Crippen molar-refractivity contribution in [3.8, 4) is 22.6 Å². The Morgan fingerprint density at radius 1 is 0.889 bits per heavy atom. The molecule has 2 atom stereocenters. The average molecular weight is 521 g/mol. The number of hydrogen-bond donors (Lipinski definition) is 0. The van der Waals surface area contributed by atoms with E-state index in [0.29, 0.717) is 42.1 Å². The van der Waals surface area contributed by atoms with Gasteiger partial charge in [-0.1, -0.05) is 12.1 Å². The van der Waals surface area contributed by atoms with Crippen molar-refractivity contribution < 1.29 is 31.1 Å². The molecular formula is C25H23F3N2O5S. The van der Waals surface area contributed by atoms with Gasteiger partial charge in [-0.25, -0.2) is 8.42 Å². The lowest BCUT2D eigenvalue weighted by Crippen LogP contribution is -2.49. The van der Waals surface area contributed by atoms with Crippen LogP contribution in [0.4, 0.5) is 13.2 Å². The van der Waals surface area contributed by atoms with E-state index in [9.17, 15) is 26.4 Å². The Hall–Kier alpha value is -3.31. The predicted octanol–water partition coefficient (Wildman–Crippen LogP) is 4.23. The molecule has 1 saturated heterocycles. The normalized spacial score (nSPS) is 20.0. The highest BCUT2D eigenvalue weighted by atomic mass is 32.2. The Labute approximate surface area is 205 Å². The number of pyridine rings is 1. The van der Waals surface area contributed by atoms with Crippen molar-refractivity contribution in [3.63, 3.8) is 0 Å². The smallest absolute Gasteiger partial charge is 0.497 e. The molecular weight excluding hydrogens is 497 g/mol. The fourth-order valence-electron chi connectivity index (χ4n) is 5.14. The number of aromatic nitrogens is 1. The van der Waals surface area contributed by atoms with Crippen LogP contribution in [0.15, 0.2) is 70.4 Å². The summed E-state index contributed by atoms with van der Waals surface area (Å²) < 4.78 is 76.7. The van der Waals surface area contributed by atoms with Gasteiger partial charge in [0.15, 0.2) is 0 Å². The minimum absolute atomic E-state index is 0.0419. The zero-order valence-electron chi connectivity index (χ0n) is 19.2. The summed E-state index contributed by atoms with van der Waals surface area (Å²) in [5.74, 6) is -0.0860. The van der Waals surface area contributed by atoms with Gasteiger partial charge in [0.05, 0.1) is 12.0 Å². The van der Waals surface area contributed by atoms with E-state index < -0.39 is 16.4 Å². The van der Waals surface area contributed by atoms with E-state index in [-0.39, 0.29) is 34.6 Å². The number of sulfonamides is 1. The van der Waals surface area contributed by atoms with Crippen molar-refractivity contribution in [3.05, 3.63) is 76.7 Å². The summed E-state index contributed by atoms with van der Waals surface area (Å²) >= 11 is 0. The molecule has 1 fully saturated rings. The van der Waals surface area contributed by atoms with Crippen LogP contribution in [0.1, 0.15) is 18.0 Å². The SMILES string of the molecule is COc1ccc(S(=O)(=O)N2CC3CC(C2)c2c(-c4ccc(OC(F)(F)F)cc4)ccc(=O)n2C3)cc1. The van der Waals surface area contributed by atoms with Gasteiger partial charge in [-0.15, -0.1) is 13.2 Å².